The summed E-state index contributed by atoms with van der Waals surface area (Å²) in [6.07, 6.45) is 2.61. The van der Waals surface area contributed by atoms with Gasteiger partial charge in [0, 0.05) is 12.5 Å². The molecular weight excluding hydrogens is 334 g/mol. The molecule has 6 nitrogen and oxygen atoms in total. The molecule has 3 aromatic rings. The second-order valence-corrected chi connectivity index (χ2v) is 6.60. The third kappa shape index (κ3) is 3.62. The molecule has 2 aromatic heterocycles. The van der Waals surface area contributed by atoms with E-state index in [1.807, 2.05) is 30.3 Å². The number of hydrogen-bond donors (Lipinski definition) is 2. The Hall–Kier alpha value is -2.12. The second-order valence-electron chi connectivity index (χ2n) is 6.20. The molecule has 0 fully saturated rings. The van der Waals surface area contributed by atoms with Gasteiger partial charge in [-0.3, -0.25) is 4.57 Å². The van der Waals surface area contributed by atoms with Gasteiger partial charge in [0.25, 0.3) is 0 Å². The second kappa shape index (κ2) is 7.84. The lowest BCUT2D eigenvalue weighted by Crippen LogP contribution is -2.22. The lowest BCUT2D eigenvalue weighted by molar-refractivity contribution is 0.601. The number of rotatable bonds is 7. The summed E-state index contributed by atoms with van der Waals surface area (Å²) < 4.78 is 3.01. The molecule has 3 rings (SSSR count). The van der Waals surface area contributed by atoms with Crippen LogP contribution in [-0.2, 0) is 6.54 Å². The highest BCUT2D eigenvalue weighted by molar-refractivity contribution is 7.78. The molecule has 0 aliphatic rings. The molecule has 2 heterocycles. The highest BCUT2D eigenvalue weighted by atomic mass is 32.1. The predicted molar refractivity (Wildman–Crippen MR) is 103 cm³/mol. The Kier molecular flexibility index (Phi) is 5.55. The molecule has 1 unspecified atom stereocenters. The maximum Gasteiger partial charge on any atom is 0.340 e. The largest absolute Gasteiger partial charge is 0.340 e. The fraction of sp³-hybridized carbons (Fsp3) is 0.389. The van der Waals surface area contributed by atoms with E-state index >= 15 is 0 Å². The summed E-state index contributed by atoms with van der Waals surface area (Å²) in [6.45, 7) is 6.45. The molecule has 1 atom stereocenters. The summed E-state index contributed by atoms with van der Waals surface area (Å²) in [6, 6.07) is 9.87. The van der Waals surface area contributed by atoms with Crippen LogP contribution in [0, 0.1) is 0 Å². The highest BCUT2D eigenvalue weighted by Crippen LogP contribution is 2.22. The first-order chi connectivity index (χ1) is 12.1. The Morgan fingerprint density at radius 1 is 1.24 bits per heavy atom. The van der Waals surface area contributed by atoms with Crippen molar-refractivity contribution in [3.63, 3.8) is 0 Å². The van der Waals surface area contributed by atoms with E-state index in [-0.39, 0.29) is 11.6 Å². The molecule has 25 heavy (non-hydrogen) atoms. The Labute approximate surface area is 152 Å². The first-order valence-electron chi connectivity index (χ1n) is 8.53. The van der Waals surface area contributed by atoms with Crippen molar-refractivity contribution < 1.29 is 0 Å². The molecule has 0 aliphatic heterocycles. The van der Waals surface area contributed by atoms with Crippen molar-refractivity contribution in [1.82, 2.24) is 23.8 Å². The minimum atomic E-state index is -0.197. The summed E-state index contributed by atoms with van der Waals surface area (Å²) in [5, 5.41) is 3.40. The van der Waals surface area contributed by atoms with E-state index in [0.29, 0.717) is 17.7 Å². The van der Waals surface area contributed by atoms with Gasteiger partial charge in [-0.2, -0.15) is 0 Å². The van der Waals surface area contributed by atoms with Crippen LogP contribution in [0.4, 0.5) is 0 Å². The van der Waals surface area contributed by atoms with E-state index in [2.05, 4.69) is 41.9 Å². The summed E-state index contributed by atoms with van der Waals surface area (Å²) in [5.41, 5.74) is 3.00. The average Bonchev–Trinajstić information content (AvgIpc) is 2.88. The fourth-order valence-corrected chi connectivity index (χ4v) is 3.24. The van der Waals surface area contributed by atoms with Crippen molar-refractivity contribution in [3.8, 4) is 0 Å². The van der Waals surface area contributed by atoms with Gasteiger partial charge in [0.05, 0.1) is 12.2 Å². The third-order valence-electron chi connectivity index (χ3n) is 4.24. The van der Waals surface area contributed by atoms with Crippen LogP contribution in [0.25, 0.3) is 11.2 Å². The number of fused-ring (bicyclic) bond motifs is 1. The molecule has 0 aliphatic carbocycles. The van der Waals surface area contributed by atoms with Crippen LogP contribution < -0.4 is 11.0 Å². The van der Waals surface area contributed by atoms with Gasteiger partial charge < -0.3 is 5.32 Å². The van der Waals surface area contributed by atoms with Gasteiger partial charge in [-0.05, 0) is 18.5 Å². The topological polar surface area (TPSA) is 64.7 Å². The molecule has 1 aromatic carbocycles. The standard InChI is InChI=1S/C18H23N5OS/c1-3-9-19-10-13(2)15-16-17(21-12-20-15)22(18(24)23(16)25)11-14-7-5-4-6-8-14/h4-8,12-13,19,25H,3,9-11H2,1-2H3. The molecule has 1 N–H and O–H groups in total. The first-order valence-corrected chi connectivity index (χ1v) is 8.93. The Balaban J connectivity index is 2.02. The number of thiol groups is 1. The highest BCUT2D eigenvalue weighted by Gasteiger charge is 2.20. The quantitative estimate of drug-likeness (QED) is 0.504. The Bertz CT molecular complexity index is 903. The smallest absolute Gasteiger partial charge is 0.316 e. The van der Waals surface area contributed by atoms with E-state index in [1.165, 1.54) is 10.3 Å². The Morgan fingerprint density at radius 2 is 2.00 bits per heavy atom. The number of hydrogen-bond acceptors (Lipinski definition) is 5. The van der Waals surface area contributed by atoms with E-state index in [4.69, 9.17) is 0 Å². The lowest BCUT2D eigenvalue weighted by atomic mass is 10.1. The number of aromatic nitrogens is 4. The minimum Gasteiger partial charge on any atom is -0.316 e. The normalized spacial score (nSPS) is 12.6. The van der Waals surface area contributed by atoms with Gasteiger partial charge in [-0.25, -0.2) is 18.7 Å². The van der Waals surface area contributed by atoms with Gasteiger partial charge in [0.1, 0.15) is 11.8 Å². The monoisotopic (exact) mass is 357 g/mol. The van der Waals surface area contributed by atoms with E-state index in [1.54, 1.807) is 4.57 Å². The molecule has 0 spiro atoms. The molecule has 0 saturated carbocycles. The minimum absolute atomic E-state index is 0.155. The van der Waals surface area contributed by atoms with Gasteiger partial charge in [0.15, 0.2) is 5.65 Å². The van der Waals surface area contributed by atoms with Crippen LogP contribution in [0.1, 0.15) is 37.4 Å². The number of nitrogens with zero attached hydrogens (tertiary/aromatic N) is 4. The van der Waals surface area contributed by atoms with Gasteiger partial charge in [0.2, 0.25) is 0 Å². The van der Waals surface area contributed by atoms with Crippen LogP contribution in [0.5, 0.6) is 0 Å². The lowest BCUT2D eigenvalue weighted by Gasteiger charge is -2.13. The molecule has 7 heteroatoms. The Morgan fingerprint density at radius 3 is 2.72 bits per heavy atom. The summed E-state index contributed by atoms with van der Waals surface area (Å²) >= 11 is 4.41. The molecule has 0 saturated heterocycles. The number of nitrogens with one attached hydrogen (secondary N) is 1. The SMILES string of the molecule is CCCNCC(C)c1ncnc2c1n(S)c(=O)n2Cc1ccccc1. The molecule has 0 radical (unpaired) electrons. The van der Waals surface area contributed by atoms with Crippen molar-refractivity contribution in [2.75, 3.05) is 13.1 Å². The van der Waals surface area contributed by atoms with E-state index in [9.17, 15) is 4.79 Å². The average molecular weight is 357 g/mol. The maximum absolute atomic E-state index is 12.7. The molecular formula is C18H23N5OS. The van der Waals surface area contributed by atoms with Crippen LogP contribution in [0.15, 0.2) is 41.5 Å². The zero-order valence-electron chi connectivity index (χ0n) is 14.5. The van der Waals surface area contributed by atoms with Gasteiger partial charge in [-0.15, -0.1) is 0 Å². The van der Waals surface area contributed by atoms with Crippen molar-refractivity contribution >= 4 is 24.0 Å². The summed E-state index contributed by atoms with van der Waals surface area (Å²) in [7, 11) is 0. The fourth-order valence-electron chi connectivity index (χ4n) is 2.95. The first kappa shape index (κ1) is 17.7. The predicted octanol–water partition coefficient (Wildman–Crippen LogP) is 2.44. The summed E-state index contributed by atoms with van der Waals surface area (Å²) in [5.74, 6) is 0.155. The zero-order valence-corrected chi connectivity index (χ0v) is 15.4. The molecule has 0 bridgehead atoms. The van der Waals surface area contributed by atoms with Crippen LogP contribution in [0.2, 0.25) is 0 Å². The van der Waals surface area contributed by atoms with Gasteiger partial charge in [-0.1, -0.05) is 57.0 Å². The van der Waals surface area contributed by atoms with Crippen LogP contribution >= 0.6 is 12.8 Å². The van der Waals surface area contributed by atoms with E-state index < -0.39 is 0 Å². The molecule has 0 amide bonds. The molecule has 132 valence electrons. The van der Waals surface area contributed by atoms with Gasteiger partial charge >= 0.3 is 5.69 Å². The zero-order chi connectivity index (χ0) is 17.8. The van der Waals surface area contributed by atoms with Crippen molar-refractivity contribution in [2.24, 2.45) is 0 Å². The summed E-state index contributed by atoms with van der Waals surface area (Å²) in [4.78, 5) is 21.5. The van der Waals surface area contributed by atoms with Crippen LogP contribution in [-0.4, -0.2) is 31.6 Å². The maximum atomic E-state index is 12.7. The van der Waals surface area contributed by atoms with Crippen LogP contribution in [0.3, 0.4) is 0 Å². The van der Waals surface area contributed by atoms with Crippen molar-refractivity contribution in [1.29, 1.82) is 0 Å². The van der Waals surface area contributed by atoms with Crippen molar-refractivity contribution in [2.45, 2.75) is 32.7 Å². The number of imidazole rings is 1. The number of benzene rings is 1. The van der Waals surface area contributed by atoms with E-state index in [0.717, 1.165) is 30.8 Å². The van der Waals surface area contributed by atoms with Crippen molar-refractivity contribution in [3.05, 3.63) is 58.4 Å². The third-order valence-corrected chi connectivity index (χ3v) is 4.61.